The van der Waals surface area contributed by atoms with E-state index in [1.165, 1.54) is 6.07 Å². The number of imidazole rings is 1. The van der Waals surface area contributed by atoms with Crippen LogP contribution in [0.4, 0.5) is 10.2 Å². The molecule has 0 saturated carbocycles. The van der Waals surface area contributed by atoms with Crippen LogP contribution in [0.15, 0.2) is 60.9 Å². The highest BCUT2D eigenvalue weighted by atomic mass is 19.1. The molecule has 0 bridgehead atoms. The first kappa shape index (κ1) is 22.7. The molecule has 0 spiro atoms. The highest BCUT2D eigenvalue weighted by Gasteiger charge is 2.38. The second-order valence-corrected chi connectivity index (χ2v) is 9.99. The number of halogens is 1. The number of carbonyl (C=O) groups is 1. The van der Waals surface area contributed by atoms with Gasteiger partial charge in [0.15, 0.2) is 0 Å². The predicted molar refractivity (Wildman–Crippen MR) is 135 cm³/mol. The van der Waals surface area contributed by atoms with Crippen molar-refractivity contribution in [3.05, 3.63) is 83.7 Å². The Morgan fingerprint density at radius 3 is 2.67 bits per heavy atom. The van der Waals surface area contributed by atoms with Gasteiger partial charge in [0, 0.05) is 48.4 Å². The van der Waals surface area contributed by atoms with Crippen LogP contribution in [0.3, 0.4) is 0 Å². The fourth-order valence-corrected chi connectivity index (χ4v) is 5.82. The Kier molecular flexibility index (Phi) is 5.30. The van der Waals surface area contributed by atoms with Crippen molar-refractivity contribution in [1.82, 2.24) is 19.3 Å². The molecule has 4 heterocycles. The number of rotatable bonds is 4. The summed E-state index contributed by atoms with van der Waals surface area (Å²) >= 11 is 0. The van der Waals surface area contributed by atoms with Gasteiger partial charge in [0.05, 0.1) is 0 Å². The van der Waals surface area contributed by atoms with Crippen molar-refractivity contribution in [1.29, 1.82) is 0 Å². The van der Waals surface area contributed by atoms with E-state index in [0.717, 1.165) is 36.2 Å². The summed E-state index contributed by atoms with van der Waals surface area (Å²) < 4.78 is 16.4. The lowest BCUT2D eigenvalue weighted by molar-refractivity contribution is -0.130. The fraction of sp³-hybridized carbons (Fsp3) is 0.321. The quantitative estimate of drug-likeness (QED) is 0.451. The summed E-state index contributed by atoms with van der Waals surface area (Å²) in [7, 11) is 0. The fourth-order valence-electron chi connectivity index (χ4n) is 5.82. The molecule has 2 fully saturated rings. The van der Waals surface area contributed by atoms with Gasteiger partial charge in [-0.15, -0.1) is 0 Å². The van der Waals surface area contributed by atoms with Crippen molar-refractivity contribution in [3.8, 4) is 11.3 Å². The van der Waals surface area contributed by atoms with Crippen molar-refractivity contribution in [3.63, 3.8) is 0 Å². The average molecular weight is 486 g/mol. The number of fused-ring (bicyclic) bond motifs is 2. The molecule has 8 heteroatoms. The number of amides is 1. The molecular formula is C28H28FN5O2. The minimum Gasteiger partial charge on any atom is -0.382 e. The molecule has 3 N–H and O–H groups in total. The van der Waals surface area contributed by atoms with Crippen molar-refractivity contribution in [2.75, 3.05) is 12.3 Å². The summed E-state index contributed by atoms with van der Waals surface area (Å²) in [5, 5.41) is 11.2. The first-order chi connectivity index (χ1) is 17.3. The normalized spacial score (nSPS) is 21.5. The van der Waals surface area contributed by atoms with Gasteiger partial charge in [0.2, 0.25) is 5.91 Å². The Hall–Kier alpha value is -3.78. The number of aromatic nitrogens is 3. The van der Waals surface area contributed by atoms with Crippen LogP contribution in [0.2, 0.25) is 0 Å². The maximum Gasteiger partial charge on any atom is 0.222 e. The number of aliphatic hydroxyl groups is 1. The number of nitrogens with zero attached hydrogens (tertiary/aromatic N) is 4. The molecular weight excluding hydrogens is 457 g/mol. The molecule has 4 aromatic rings. The molecule has 2 aliphatic rings. The molecule has 1 unspecified atom stereocenters. The zero-order valence-electron chi connectivity index (χ0n) is 20.1. The van der Waals surface area contributed by atoms with Crippen LogP contribution < -0.4 is 5.73 Å². The van der Waals surface area contributed by atoms with Crippen LogP contribution in [0.25, 0.3) is 16.8 Å². The lowest BCUT2D eigenvalue weighted by atomic mass is 9.87. The third-order valence-electron chi connectivity index (χ3n) is 7.81. The Balaban J connectivity index is 1.39. The second-order valence-electron chi connectivity index (χ2n) is 9.99. The third-order valence-corrected chi connectivity index (χ3v) is 7.81. The summed E-state index contributed by atoms with van der Waals surface area (Å²) in [5.41, 5.74) is 7.84. The molecule has 2 aromatic heterocycles. The number of hydrogen-bond acceptors (Lipinski definition) is 5. The van der Waals surface area contributed by atoms with Crippen LogP contribution in [-0.2, 0) is 10.4 Å². The van der Waals surface area contributed by atoms with E-state index in [1.54, 1.807) is 43.5 Å². The highest BCUT2D eigenvalue weighted by Crippen LogP contribution is 2.39. The maximum absolute atomic E-state index is 14.4. The monoisotopic (exact) mass is 485 g/mol. The van der Waals surface area contributed by atoms with Crippen LogP contribution in [0.5, 0.6) is 0 Å². The molecule has 36 heavy (non-hydrogen) atoms. The SMILES string of the molecule is CC(O)(c1ccc(-c2nc([C@@H]3CC[C@H]4CCC(=O)N4C3)n3ccnc(N)c23)cc1)c1ccccc1F. The van der Waals surface area contributed by atoms with E-state index < -0.39 is 11.4 Å². The van der Waals surface area contributed by atoms with Gasteiger partial charge in [0.25, 0.3) is 0 Å². The number of carbonyl (C=O) groups excluding carboxylic acids is 1. The summed E-state index contributed by atoms with van der Waals surface area (Å²) in [5.74, 6) is 1.12. The predicted octanol–water partition coefficient (Wildman–Crippen LogP) is 4.24. The molecule has 7 nitrogen and oxygen atoms in total. The Labute approximate surface area is 208 Å². The van der Waals surface area contributed by atoms with Gasteiger partial charge in [-0.3, -0.25) is 9.20 Å². The van der Waals surface area contributed by atoms with Crippen molar-refractivity contribution in [2.24, 2.45) is 0 Å². The zero-order valence-corrected chi connectivity index (χ0v) is 20.1. The number of hydrogen-bond donors (Lipinski definition) is 2. The Bertz CT molecular complexity index is 1460. The first-order valence-electron chi connectivity index (χ1n) is 12.3. The van der Waals surface area contributed by atoms with Gasteiger partial charge in [-0.2, -0.15) is 0 Å². The number of nitrogen functional groups attached to an aromatic ring is 1. The van der Waals surface area contributed by atoms with E-state index in [9.17, 15) is 14.3 Å². The number of anilines is 1. The van der Waals surface area contributed by atoms with Gasteiger partial charge < -0.3 is 15.7 Å². The van der Waals surface area contributed by atoms with E-state index in [2.05, 4.69) is 4.98 Å². The summed E-state index contributed by atoms with van der Waals surface area (Å²) in [6.45, 7) is 2.25. The lowest BCUT2D eigenvalue weighted by Crippen LogP contribution is -2.41. The Morgan fingerprint density at radius 2 is 1.89 bits per heavy atom. The summed E-state index contributed by atoms with van der Waals surface area (Å²) in [6, 6.07) is 13.9. The second kappa shape index (κ2) is 8.41. The van der Waals surface area contributed by atoms with E-state index >= 15 is 0 Å². The van der Waals surface area contributed by atoms with Crippen molar-refractivity contribution >= 4 is 17.2 Å². The molecule has 2 aromatic carbocycles. The van der Waals surface area contributed by atoms with Crippen LogP contribution in [0, 0.1) is 5.82 Å². The number of benzene rings is 2. The van der Waals surface area contributed by atoms with Crippen molar-refractivity contribution in [2.45, 2.75) is 50.2 Å². The number of piperidine rings is 1. The molecule has 6 rings (SSSR count). The molecule has 0 aliphatic carbocycles. The minimum absolute atomic E-state index is 0.104. The molecule has 3 atom stereocenters. The maximum atomic E-state index is 14.4. The first-order valence-corrected chi connectivity index (χ1v) is 12.3. The molecule has 0 radical (unpaired) electrons. The molecule has 2 aliphatic heterocycles. The van der Waals surface area contributed by atoms with Crippen molar-refractivity contribution < 1.29 is 14.3 Å². The molecule has 1 amide bonds. The standard InChI is InChI=1S/C28H28FN5O2/c1-28(36,21-4-2-3-5-22(21)29)19-9-6-17(7-10-19)24-25-26(30)31-14-15-33(25)27(32-24)18-8-11-20-12-13-23(35)34(20)16-18/h2-7,9-10,14-15,18,20,36H,8,11-13,16H2,1H3,(H2,30,31)/t18-,20+,28?/m1/s1. The van der Waals surface area contributed by atoms with Crippen LogP contribution in [0.1, 0.15) is 55.5 Å². The van der Waals surface area contributed by atoms with Gasteiger partial charge in [-0.1, -0.05) is 42.5 Å². The van der Waals surface area contributed by atoms with E-state index in [-0.39, 0.29) is 17.4 Å². The average Bonchev–Trinajstić information content (AvgIpc) is 3.46. The van der Waals surface area contributed by atoms with Gasteiger partial charge in [0.1, 0.15) is 34.3 Å². The zero-order chi connectivity index (χ0) is 25.0. The highest BCUT2D eigenvalue weighted by molar-refractivity contribution is 5.85. The molecule has 2 saturated heterocycles. The summed E-state index contributed by atoms with van der Waals surface area (Å²) in [4.78, 5) is 23.7. The largest absolute Gasteiger partial charge is 0.382 e. The minimum atomic E-state index is -1.49. The third kappa shape index (κ3) is 3.55. The van der Waals surface area contributed by atoms with Crippen LogP contribution in [-0.4, -0.2) is 42.9 Å². The van der Waals surface area contributed by atoms with Gasteiger partial charge >= 0.3 is 0 Å². The topological polar surface area (TPSA) is 96.8 Å². The Morgan fingerprint density at radius 1 is 1.11 bits per heavy atom. The smallest absolute Gasteiger partial charge is 0.222 e. The number of nitrogens with two attached hydrogens (primary N) is 1. The van der Waals surface area contributed by atoms with Gasteiger partial charge in [-0.25, -0.2) is 14.4 Å². The van der Waals surface area contributed by atoms with E-state index in [0.29, 0.717) is 36.1 Å². The van der Waals surface area contributed by atoms with E-state index in [1.807, 2.05) is 27.6 Å². The van der Waals surface area contributed by atoms with Gasteiger partial charge in [-0.05, 0) is 37.8 Å². The summed E-state index contributed by atoms with van der Waals surface area (Å²) in [6.07, 6.45) is 7.04. The molecule has 184 valence electrons. The van der Waals surface area contributed by atoms with Crippen LogP contribution >= 0.6 is 0 Å². The van der Waals surface area contributed by atoms with E-state index in [4.69, 9.17) is 10.7 Å². The lowest BCUT2D eigenvalue weighted by Gasteiger charge is -2.34.